The second kappa shape index (κ2) is 7.36. The topological polar surface area (TPSA) is 60.5 Å². The molecule has 1 aliphatic rings. The average Bonchev–Trinajstić information content (AvgIpc) is 3.02. The summed E-state index contributed by atoms with van der Waals surface area (Å²) in [5.74, 6) is 0.805. The van der Waals surface area contributed by atoms with Gasteiger partial charge < -0.3 is 14.8 Å². The molecule has 7 heteroatoms. The lowest BCUT2D eigenvalue weighted by Gasteiger charge is -2.19. The lowest BCUT2D eigenvalue weighted by molar-refractivity contribution is -0.115. The number of benzene rings is 2. The number of nitrogens with one attached hydrogen (secondary N) is 1. The van der Waals surface area contributed by atoms with Crippen LogP contribution >= 0.6 is 11.3 Å². The Bertz CT molecular complexity index is 1000. The molecule has 0 atom stereocenters. The number of nitrogens with zero attached hydrogens (tertiary/aromatic N) is 1. The summed E-state index contributed by atoms with van der Waals surface area (Å²) in [5.41, 5.74) is 1.82. The van der Waals surface area contributed by atoms with Gasteiger partial charge in [0.15, 0.2) is 11.5 Å². The van der Waals surface area contributed by atoms with E-state index in [9.17, 15) is 9.18 Å². The number of anilines is 1. The Morgan fingerprint density at radius 1 is 1.19 bits per heavy atom. The summed E-state index contributed by atoms with van der Waals surface area (Å²) in [7, 11) is 0. The predicted molar refractivity (Wildman–Crippen MR) is 102 cm³/mol. The molecule has 0 saturated carbocycles. The average molecular weight is 384 g/mol. The third-order valence-corrected chi connectivity index (χ3v) is 5.33. The van der Waals surface area contributed by atoms with Crippen molar-refractivity contribution in [2.24, 2.45) is 0 Å². The standard InChI is InChI=1S/C20H17FN2O3S/c1-12-18(27-20(22-12)14-4-2-3-5-15(14)21)11-19(24)23-13-6-7-16-17(10-13)26-9-8-25-16/h2-7,10H,8-9,11H2,1H3,(H,23,24). The third kappa shape index (κ3) is 3.78. The molecule has 0 saturated heterocycles. The zero-order valence-electron chi connectivity index (χ0n) is 14.6. The molecule has 4 rings (SSSR count). The van der Waals surface area contributed by atoms with Gasteiger partial charge in [-0.3, -0.25) is 4.79 Å². The highest BCUT2D eigenvalue weighted by Gasteiger charge is 2.16. The van der Waals surface area contributed by atoms with Crippen molar-refractivity contribution in [2.45, 2.75) is 13.3 Å². The number of aromatic nitrogens is 1. The number of hydrogen-bond donors (Lipinski definition) is 1. The maximum Gasteiger partial charge on any atom is 0.229 e. The quantitative estimate of drug-likeness (QED) is 0.732. The highest BCUT2D eigenvalue weighted by Crippen LogP contribution is 2.33. The van der Waals surface area contributed by atoms with E-state index in [4.69, 9.17) is 9.47 Å². The Hall–Kier alpha value is -2.93. The second-order valence-corrected chi connectivity index (χ2v) is 7.17. The van der Waals surface area contributed by atoms with E-state index in [1.165, 1.54) is 17.4 Å². The Balaban J connectivity index is 1.48. The molecule has 0 bridgehead atoms. The molecule has 0 fully saturated rings. The van der Waals surface area contributed by atoms with Crippen LogP contribution in [0.4, 0.5) is 10.1 Å². The third-order valence-electron chi connectivity index (χ3n) is 4.14. The number of carbonyl (C=O) groups excluding carboxylic acids is 1. The van der Waals surface area contributed by atoms with Gasteiger partial charge in [-0.05, 0) is 31.2 Å². The van der Waals surface area contributed by atoms with Crippen LogP contribution in [0.2, 0.25) is 0 Å². The molecule has 1 aromatic heterocycles. The Morgan fingerprint density at radius 2 is 1.96 bits per heavy atom. The summed E-state index contributed by atoms with van der Waals surface area (Å²) in [5, 5.41) is 3.44. The van der Waals surface area contributed by atoms with Crippen LogP contribution in [-0.2, 0) is 11.2 Å². The molecule has 0 unspecified atom stereocenters. The zero-order valence-corrected chi connectivity index (χ0v) is 15.4. The van der Waals surface area contributed by atoms with E-state index in [-0.39, 0.29) is 18.1 Å². The molecule has 0 spiro atoms. The van der Waals surface area contributed by atoms with E-state index in [0.29, 0.717) is 41.0 Å². The first kappa shape index (κ1) is 17.5. The molecule has 138 valence electrons. The fraction of sp³-hybridized carbons (Fsp3) is 0.200. The minimum atomic E-state index is -0.321. The molecule has 2 heterocycles. The van der Waals surface area contributed by atoms with E-state index in [1.807, 2.05) is 6.92 Å². The fourth-order valence-electron chi connectivity index (χ4n) is 2.81. The highest BCUT2D eigenvalue weighted by molar-refractivity contribution is 7.15. The van der Waals surface area contributed by atoms with Crippen molar-refractivity contribution in [3.63, 3.8) is 0 Å². The maximum absolute atomic E-state index is 14.0. The molecular weight excluding hydrogens is 367 g/mol. The van der Waals surface area contributed by atoms with E-state index >= 15 is 0 Å². The molecule has 2 aromatic carbocycles. The zero-order chi connectivity index (χ0) is 18.8. The van der Waals surface area contributed by atoms with Crippen molar-refractivity contribution in [2.75, 3.05) is 18.5 Å². The summed E-state index contributed by atoms with van der Waals surface area (Å²) in [4.78, 5) is 17.7. The lowest BCUT2D eigenvalue weighted by atomic mass is 10.2. The summed E-state index contributed by atoms with van der Waals surface area (Å²) in [6.07, 6.45) is 0.173. The molecule has 1 amide bonds. The Labute approximate surface area is 159 Å². The van der Waals surface area contributed by atoms with Gasteiger partial charge in [0, 0.05) is 22.2 Å². The summed E-state index contributed by atoms with van der Waals surface area (Å²) in [6, 6.07) is 11.8. The number of rotatable bonds is 4. The molecule has 1 aliphatic heterocycles. The smallest absolute Gasteiger partial charge is 0.229 e. The van der Waals surface area contributed by atoms with Gasteiger partial charge in [-0.1, -0.05) is 12.1 Å². The largest absolute Gasteiger partial charge is 0.486 e. The van der Waals surface area contributed by atoms with Crippen molar-refractivity contribution >= 4 is 22.9 Å². The minimum Gasteiger partial charge on any atom is -0.486 e. The number of halogens is 1. The maximum atomic E-state index is 14.0. The molecule has 0 radical (unpaired) electrons. The van der Waals surface area contributed by atoms with Gasteiger partial charge in [0.25, 0.3) is 0 Å². The SMILES string of the molecule is Cc1nc(-c2ccccc2F)sc1CC(=O)Nc1ccc2c(c1)OCCO2. The second-order valence-electron chi connectivity index (χ2n) is 6.09. The summed E-state index contributed by atoms with van der Waals surface area (Å²) < 4.78 is 25.0. The van der Waals surface area contributed by atoms with Crippen molar-refractivity contribution in [3.05, 3.63) is 58.9 Å². The minimum absolute atomic E-state index is 0.168. The van der Waals surface area contributed by atoms with Crippen molar-refractivity contribution < 1.29 is 18.7 Å². The van der Waals surface area contributed by atoms with E-state index in [1.54, 1.807) is 36.4 Å². The molecular formula is C20H17FN2O3S. The number of aryl methyl sites for hydroxylation is 1. The number of hydrogen-bond acceptors (Lipinski definition) is 5. The van der Waals surface area contributed by atoms with Crippen LogP contribution in [-0.4, -0.2) is 24.1 Å². The molecule has 1 N–H and O–H groups in total. The van der Waals surface area contributed by atoms with E-state index in [2.05, 4.69) is 10.3 Å². The number of ether oxygens (including phenoxy) is 2. The van der Waals surface area contributed by atoms with E-state index < -0.39 is 0 Å². The Kier molecular flexibility index (Phi) is 4.77. The normalized spacial score (nSPS) is 12.7. The van der Waals surface area contributed by atoms with Crippen LogP contribution in [0.3, 0.4) is 0 Å². The van der Waals surface area contributed by atoms with Gasteiger partial charge in [0.05, 0.1) is 12.1 Å². The monoisotopic (exact) mass is 384 g/mol. The molecule has 27 heavy (non-hydrogen) atoms. The number of fused-ring (bicyclic) bond motifs is 1. The van der Waals surface area contributed by atoms with Crippen molar-refractivity contribution in [3.8, 4) is 22.1 Å². The fourth-order valence-corrected chi connectivity index (χ4v) is 3.90. The summed E-state index contributed by atoms with van der Waals surface area (Å²) >= 11 is 1.33. The molecule has 0 aliphatic carbocycles. The predicted octanol–water partition coefficient (Wildman–Crippen LogP) is 4.21. The van der Waals surface area contributed by atoms with Gasteiger partial charge in [-0.2, -0.15) is 0 Å². The van der Waals surface area contributed by atoms with Crippen LogP contribution in [0, 0.1) is 12.7 Å². The first-order valence-electron chi connectivity index (χ1n) is 8.51. The molecule has 3 aromatic rings. The first-order chi connectivity index (χ1) is 13.1. The van der Waals surface area contributed by atoms with Crippen molar-refractivity contribution in [1.82, 2.24) is 4.98 Å². The van der Waals surface area contributed by atoms with Crippen LogP contribution in [0.5, 0.6) is 11.5 Å². The van der Waals surface area contributed by atoms with Gasteiger partial charge in [0.1, 0.15) is 24.0 Å². The number of thiazole rings is 1. The number of amides is 1. The van der Waals surface area contributed by atoms with Gasteiger partial charge >= 0.3 is 0 Å². The Morgan fingerprint density at radius 3 is 2.78 bits per heavy atom. The van der Waals surface area contributed by atoms with Gasteiger partial charge in [0.2, 0.25) is 5.91 Å². The lowest BCUT2D eigenvalue weighted by Crippen LogP contribution is -2.17. The van der Waals surface area contributed by atoms with Crippen molar-refractivity contribution in [1.29, 1.82) is 0 Å². The van der Waals surface area contributed by atoms with Crippen LogP contribution < -0.4 is 14.8 Å². The first-order valence-corrected chi connectivity index (χ1v) is 9.32. The van der Waals surface area contributed by atoms with E-state index in [0.717, 1.165) is 10.6 Å². The summed E-state index contributed by atoms with van der Waals surface area (Å²) in [6.45, 7) is 2.84. The van der Waals surface area contributed by atoms with Crippen LogP contribution in [0.25, 0.3) is 10.6 Å². The van der Waals surface area contributed by atoms with Gasteiger partial charge in [-0.15, -0.1) is 11.3 Å². The van der Waals surface area contributed by atoms with Gasteiger partial charge in [-0.25, -0.2) is 9.37 Å². The van der Waals surface area contributed by atoms with Crippen LogP contribution in [0.15, 0.2) is 42.5 Å². The highest BCUT2D eigenvalue weighted by atomic mass is 32.1. The van der Waals surface area contributed by atoms with Crippen LogP contribution in [0.1, 0.15) is 10.6 Å². The molecule has 5 nitrogen and oxygen atoms in total. The number of carbonyl (C=O) groups is 1.